The summed E-state index contributed by atoms with van der Waals surface area (Å²) in [5, 5.41) is 6.31. The highest BCUT2D eigenvalue weighted by atomic mass is 127. The molecule has 0 aliphatic carbocycles. The van der Waals surface area contributed by atoms with E-state index in [1.807, 2.05) is 31.2 Å². The predicted octanol–water partition coefficient (Wildman–Crippen LogP) is 3.16. The second-order valence-electron chi connectivity index (χ2n) is 6.19. The van der Waals surface area contributed by atoms with Crippen LogP contribution < -0.4 is 10.6 Å². The van der Waals surface area contributed by atoms with Crippen LogP contribution in [0, 0.1) is 12.7 Å². The van der Waals surface area contributed by atoms with E-state index in [1.54, 1.807) is 7.05 Å². The lowest BCUT2D eigenvalue weighted by Crippen LogP contribution is -2.36. The number of halogens is 2. The Morgan fingerprint density at radius 3 is 2.26 bits per heavy atom. The Balaban J connectivity index is 0.00000364. The van der Waals surface area contributed by atoms with Gasteiger partial charge < -0.3 is 10.6 Å². The molecule has 0 unspecified atom stereocenters. The molecule has 0 bridgehead atoms. The molecule has 0 saturated heterocycles. The number of nitrogens with one attached hydrogen (secondary N) is 2. The first-order valence-electron chi connectivity index (χ1n) is 8.22. The number of aliphatic imine (C=N–C) groups is 1. The molecule has 2 aromatic rings. The van der Waals surface area contributed by atoms with Gasteiger partial charge in [0.2, 0.25) is 0 Å². The van der Waals surface area contributed by atoms with Crippen molar-refractivity contribution in [2.75, 3.05) is 13.3 Å². The van der Waals surface area contributed by atoms with E-state index in [0.29, 0.717) is 23.6 Å². The Hall–Kier alpha value is -1.68. The van der Waals surface area contributed by atoms with Crippen molar-refractivity contribution in [3.8, 4) is 0 Å². The molecule has 8 heteroatoms. The molecule has 0 aliphatic rings. The molecular weight excluding hydrogens is 480 g/mol. The Bertz CT molecular complexity index is 902. The van der Waals surface area contributed by atoms with Gasteiger partial charge in [-0.1, -0.05) is 30.3 Å². The summed E-state index contributed by atoms with van der Waals surface area (Å²) >= 11 is 0. The lowest BCUT2D eigenvalue weighted by molar-refractivity contribution is 0.599. The number of sulfone groups is 1. The van der Waals surface area contributed by atoms with Crippen LogP contribution in [0.3, 0.4) is 0 Å². The Kier molecular flexibility index (Phi) is 9.17. The van der Waals surface area contributed by atoms with Gasteiger partial charge in [0.15, 0.2) is 15.8 Å². The van der Waals surface area contributed by atoms with Crippen molar-refractivity contribution in [3.63, 3.8) is 0 Å². The van der Waals surface area contributed by atoms with Crippen molar-refractivity contribution >= 4 is 39.8 Å². The van der Waals surface area contributed by atoms with Crippen LogP contribution in [0.4, 0.5) is 4.39 Å². The second-order valence-corrected chi connectivity index (χ2v) is 8.33. The van der Waals surface area contributed by atoms with E-state index in [-0.39, 0.29) is 36.3 Å². The minimum atomic E-state index is -3.20. The van der Waals surface area contributed by atoms with Crippen molar-refractivity contribution in [2.45, 2.75) is 25.8 Å². The highest BCUT2D eigenvalue weighted by Crippen LogP contribution is 2.14. The summed E-state index contributed by atoms with van der Waals surface area (Å²) < 4.78 is 36.7. The smallest absolute Gasteiger partial charge is 0.191 e. The molecule has 0 aliphatic heterocycles. The van der Waals surface area contributed by atoms with Crippen molar-refractivity contribution in [1.82, 2.24) is 10.6 Å². The molecule has 27 heavy (non-hydrogen) atoms. The van der Waals surface area contributed by atoms with Gasteiger partial charge in [0.05, 0.1) is 5.75 Å². The third kappa shape index (κ3) is 7.84. The molecule has 148 valence electrons. The van der Waals surface area contributed by atoms with Gasteiger partial charge in [0, 0.05) is 26.4 Å². The van der Waals surface area contributed by atoms with Crippen LogP contribution in [0.25, 0.3) is 0 Å². The molecule has 0 spiro atoms. The van der Waals surface area contributed by atoms with Crippen LogP contribution in [0.1, 0.15) is 22.3 Å². The van der Waals surface area contributed by atoms with Crippen LogP contribution in [0.15, 0.2) is 47.5 Å². The normalized spacial score (nSPS) is 11.6. The average molecular weight is 505 g/mol. The average Bonchev–Trinajstić information content (AvgIpc) is 2.57. The Labute approximate surface area is 177 Å². The Morgan fingerprint density at radius 1 is 1.04 bits per heavy atom. The van der Waals surface area contributed by atoms with E-state index in [9.17, 15) is 12.8 Å². The van der Waals surface area contributed by atoms with Crippen molar-refractivity contribution < 1.29 is 12.8 Å². The van der Waals surface area contributed by atoms with Crippen LogP contribution >= 0.6 is 24.0 Å². The molecule has 5 nitrogen and oxygen atoms in total. The third-order valence-electron chi connectivity index (χ3n) is 3.96. The summed E-state index contributed by atoms with van der Waals surface area (Å²) in [6.45, 7) is 2.92. The van der Waals surface area contributed by atoms with Crippen LogP contribution in [0.5, 0.6) is 0 Å². The second kappa shape index (κ2) is 10.6. The highest BCUT2D eigenvalue weighted by molar-refractivity contribution is 14.0. The maximum Gasteiger partial charge on any atom is 0.191 e. The van der Waals surface area contributed by atoms with Gasteiger partial charge >= 0.3 is 0 Å². The number of nitrogens with zero attached hydrogens (tertiary/aromatic N) is 1. The molecule has 0 saturated carbocycles. The quantitative estimate of drug-likeness (QED) is 0.360. The number of guanidine groups is 1. The van der Waals surface area contributed by atoms with Gasteiger partial charge in [0.25, 0.3) is 0 Å². The zero-order valence-corrected chi connectivity index (χ0v) is 18.8. The van der Waals surface area contributed by atoms with Gasteiger partial charge in [0.1, 0.15) is 5.82 Å². The van der Waals surface area contributed by atoms with Crippen molar-refractivity contribution in [3.05, 3.63) is 70.5 Å². The van der Waals surface area contributed by atoms with E-state index >= 15 is 0 Å². The molecule has 0 radical (unpaired) electrons. The molecule has 0 atom stereocenters. The summed E-state index contributed by atoms with van der Waals surface area (Å²) in [6, 6.07) is 12.2. The van der Waals surface area contributed by atoms with Gasteiger partial charge in [-0.25, -0.2) is 12.8 Å². The summed E-state index contributed by atoms with van der Waals surface area (Å²) in [5.74, 6) is 0.0317. The van der Waals surface area contributed by atoms with Crippen LogP contribution in [-0.2, 0) is 28.7 Å². The van der Waals surface area contributed by atoms with Gasteiger partial charge in [-0.05, 0) is 41.3 Å². The van der Waals surface area contributed by atoms with E-state index in [1.165, 1.54) is 23.8 Å². The molecule has 2 N–H and O–H groups in total. The molecule has 2 aromatic carbocycles. The molecule has 2 rings (SSSR count). The lowest BCUT2D eigenvalue weighted by Gasteiger charge is -2.15. The number of benzene rings is 2. The van der Waals surface area contributed by atoms with Crippen LogP contribution in [-0.4, -0.2) is 27.7 Å². The monoisotopic (exact) mass is 505 g/mol. The largest absolute Gasteiger partial charge is 0.352 e. The summed E-state index contributed by atoms with van der Waals surface area (Å²) in [6.07, 6.45) is 1.16. The lowest BCUT2D eigenvalue weighted by atomic mass is 10.1. The first-order chi connectivity index (χ1) is 12.3. The topological polar surface area (TPSA) is 70.6 Å². The first kappa shape index (κ1) is 23.4. The molecule has 0 fully saturated rings. The van der Waals surface area contributed by atoms with Crippen molar-refractivity contribution in [1.29, 1.82) is 0 Å². The van der Waals surface area contributed by atoms with Gasteiger partial charge in [-0.2, -0.15) is 0 Å². The van der Waals surface area contributed by atoms with E-state index in [0.717, 1.165) is 11.8 Å². The summed E-state index contributed by atoms with van der Waals surface area (Å²) in [5.41, 5.74) is 3.50. The number of hydrogen-bond donors (Lipinski definition) is 2. The number of hydrogen-bond acceptors (Lipinski definition) is 3. The minimum Gasteiger partial charge on any atom is -0.352 e. The first-order valence-corrected chi connectivity index (χ1v) is 10.3. The van der Waals surface area contributed by atoms with Crippen LogP contribution in [0.2, 0.25) is 0 Å². The number of rotatable bonds is 6. The predicted molar refractivity (Wildman–Crippen MR) is 119 cm³/mol. The fourth-order valence-corrected chi connectivity index (χ4v) is 3.42. The van der Waals surface area contributed by atoms with E-state index in [4.69, 9.17) is 0 Å². The van der Waals surface area contributed by atoms with Gasteiger partial charge in [-0.15, -0.1) is 24.0 Å². The minimum absolute atomic E-state index is 0. The molecule has 0 amide bonds. The fraction of sp³-hybridized carbons (Fsp3) is 0.316. The molecule has 0 aromatic heterocycles. The fourth-order valence-electron chi connectivity index (χ4n) is 2.57. The summed E-state index contributed by atoms with van der Waals surface area (Å²) in [4.78, 5) is 4.16. The standard InChI is InChI=1S/C19H24FN3O2S.HI/c1-14-6-4-5-7-15(14)11-22-19(21-2)23-12-17-10-18(20)9-8-16(17)13-26(3,24)25;/h4-10H,11-13H2,1-3H3,(H2,21,22,23);1H. The maximum absolute atomic E-state index is 13.6. The zero-order chi connectivity index (χ0) is 19.2. The third-order valence-corrected chi connectivity index (χ3v) is 4.80. The zero-order valence-electron chi connectivity index (χ0n) is 15.6. The maximum atomic E-state index is 13.6. The van der Waals surface area contributed by atoms with E-state index < -0.39 is 15.7 Å². The molecule has 0 heterocycles. The summed E-state index contributed by atoms with van der Waals surface area (Å²) in [7, 11) is -1.55. The Morgan fingerprint density at radius 2 is 1.67 bits per heavy atom. The number of aryl methyl sites for hydroxylation is 1. The molecular formula is C19H25FIN3O2S. The SMILES string of the molecule is CN=C(NCc1ccccc1C)NCc1cc(F)ccc1CS(C)(=O)=O.I. The highest BCUT2D eigenvalue weighted by Gasteiger charge is 2.11. The van der Waals surface area contributed by atoms with Crippen molar-refractivity contribution in [2.24, 2.45) is 4.99 Å². The van der Waals surface area contributed by atoms with Gasteiger partial charge in [-0.3, -0.25) is 4.99 Å². The van der Waals surface area contributed by atoms with E-state index in [2.05, 4.69) is 15.6 Å².